The van der Waals surface area contributed by atoms with Gasteiger partial charge in [0.25, 0.3) is 0 Å². The number of anilines is 1. The predicted molar refractivity (Wildman–Crippen MR) is 97.4 cm³/mol. The van der Waals surface area contributed by atoms with E-state index in [4.69, 9.17) is 0 Å². The van der Waals surface area contributed by atoms with Crippen molar-refractivity contribution in [3.05, 3.63) is 47.3 Å². The number of nitrogens with zero attached hydrogens (tertiary/aromatic N) is 4. The molecule has 1 aromatic heterocycles. The fraction of sp³-hybridized carbons (Fsp3) is 0.474. The Labute approximate surface area is 148 Å². The van der Waals surface area contributed by atoms with Crippen LogP contribution in [-0.4, -0.2) is 47.3 Å². The number of aryl methyl sites for hydroxylation is 1. The molecule has 2 aliphatic rings. The molecule has 2 aromatic rings. The van der Waals surface area contributed by atoms with Gasteiger partial charge < -0.3 is 15.1 Å². The van der Waals surface area contributed by atoms with Gasteiger partial charge in [-0.15, -0.1) is 0 Å². The molecule has 132 valence electrons. The topological polar surface area (TPSA) is 53.4 Å². The maximum Gasteiger partial charge on any atom is 0.224 e. The summed E-state index contributed by atoms with van der Waals surface area (Å²) in [5, 5.41) is 7.88. The molecular weight excluding hydrogens is 314 g/mol. The number of amides is 1. The van der Waals surface area contributed by atoms with Crippen LogP contribution < -0.4 is 10.2 Å². The highest BCUT2D eigenvalue weighted by Gasteiger charge is 2.39. The number of likely N-dealkylation sites (tertiary alicyclic amines) is 1. The average Bonchev–Trinajstić information content (AvgIpc) is 3.25. The lowest BCUT2D eigenvalue weighted by Gasteiger charge is -2.26. The molecule has 1 amide bonds. The molecule has 1 N–H and O–H groups in total. The number of aromatic nitrogens is 2. The summed E-state index contributed by atoms with van der Waals surface area (Å²) in [5.74, 6) is 0.180. The maximum absolute atomic E-state index is 12.3. The van der Waals surface area contributed by atoms with E-state index in [1.807, 2.05) is 29.7 Å². The summed E-state index contributed by atoms with van der Waals surface area (Å²) >= 11 is 0. The highest BCUT2D eigenvalue weighted by Crippen LogP contribution is 2.32. The first-order valence-electron chi connectivity index (χ1n) is 8.84. The summed E-state index contributed by atoms with van der Waals surface area (Å²) in [5.41, 5.74) is 5.11. The fourth-order valence-corrected chi connectivity index (χ4v) is 4.11. The first-order valence-corrected chi connectivity index (χ1v) is 8.84. The summed E-state index contributed by atoms with van der Waals surface area (Å²) < 4.78 is 1.86. The molecule has 0 unspecified atom stereocenters. The first-order chi connectivity index (χ1) is 12.0. The number of hydrogen-bond acceptors (Lipinski definition) is 4. The van der Waals surface area contributed by atoms with Crippen LogP contribution in [-0.2, 0) is 24.8 Å². The molecule has 3 heterocycles. The molecule has 6 nitrogen and oxygen atoms in total. The van der Waals surface area contributed by atoms with Crippen LogP contribution in [0.5, 0.6) is 0 Å². The Kier molecular flexibility index (Phi) is 4.00. The lowest BCUT2D eigenvalue weighted by Crippen LogP contribution is -2.35. The number of benzene rings is 1. The molecule has 6 heteroatoms. The van der Waals surface area contributed by atoms with Crippen molar-refractivity contribution in [1.82, 2.24) is 20.0 Å². The zero-order chi connectivity index (χ0) is 17.6. The van der Waals surface area contributed by atoms with Crippen LogP contribution >= 0.6 is 0 Å². The van der Waals surface area contributed by atoms with E-state index in [-0.39, 0.29) is 18.0 Å². The highest BCUT2D eigenvalue weighted by atomic mass is 16.2. The van der Waals surface area contributed by atoms with Crippen molar-refractivity contribution in [2.75, 3.05) is 25.5 Å². The van der Waals surface area contributed by atoms with Crippen molar-refractivity contribution in [2.45, 2.75) is 31.5 Å². The smallest absolute Gasteiger partial charge is 0.224 e. The molecule has 1 fully saturated rings. The second kappa shape index (κ2) is 6.19. The van der Waals surface area contributed by atoms with Crippen LogP contribution in [0.4, 0.5) is 5.69 Å². The molecule has 25 heavy (non-hydrogen) atoms. The van der Waals surface area contributed by atoms with E-state index in [9.17, 15) is 4.79 Å². The summed E-state index contributed by atoms with van der Waals surface area (Å²) in [6.45, 7) is 1.87. The number of carbonyl (C=O) groups is 1. The molecule has 4 rings (SSSR count). The normalized spacial score (nSPS) is 22.8. The molecule has 0 bridgehead atoms. The van der Waals surface area contributed by atoms with Gasteiger partial charge in [-0.3, -0.25) is 9.48 Å². The Morgan fingerprint density at radius 1 is 1.24 bits per heavy atom. The second-order valence-corrected chi connectivity index (χ2v) is 7.16. The van der Waals surface area contributed by atoms with Gasteiger partial charge in [0.2, 0.25) is 5.91 Å². The number of fused-ring (bicyclic) bond motifs is 1. The molecule has 1 aromatic carbocycles. The molecule has 0 spiro atoms. The summed E-state index contributed by atoms with van der Waals surface area (Å²) in [6.07, 6.45) is 3.43. The molecule has 2 atom stereocenters. The van der Waals surface area contributed by atoms with Gasteiger partial charge in [-0.05, 0) is 29.7 Å². The minimum Gasteiger partial charge on any atom is -0.374 e. The van der Waals surface area contributed by atoms with Gasteiger partial charge in [-0.2, -0.15) is 5.10 Å². The van der Waals surface area contributed by atoms with E-state index >= 15 is 0 Å². The van der Waals surface area contributed by atoms with Crippen LogP contribution in [0, 0.1) is 0 Å². The number of rotatable bonds is 4. The Hall–Kier alpha value is -2.34. The third-order valence-corrected chi connectivity index (χ3v) is 5.59. The lowest BCUT2D eigenvalue weighted by molar-refractivity contribution is -0.127. The number of likely N-dealkylation sites (N-methyl/N-ethyl adjacent to an activating group) is 2. The largest absolute Gasteiger partial charge is 0.374 e. The standard InChI is InChI=1S/C19H25N5O/c1-22-9-7-14-10-13(4-5-16(14)22)12-20-15-11-18(25)23(2)19(15)17-6-8-21-24(17)3/h4-6,8,10,15,19-20H,7,9,11-12H2,1-3H3/t15-,19-/m1/s1. The van der Waals surface area contributed by atoms with Crippen LogP contribution in [0.25, 0.3) is 0 Å². The van der Waals surface area contributed by atoms with Gasteiger partial charge in [0, 0.05) is 58.6 Å². The molecule has 0 radical (unpaired) electrons. The minimum absolute atomic E-state index is 0.0283. The maximum atomic E-state index is 12.3. The van der Waals surface area contributed by atoms with E-state index in [0.29, 0.717) is 6.42 Å². The van der Waals surface area contributed by atoms with Crippen molar-refractivity contribution in [2.24, 2.45) is 7.05 Å². The Bertz CT molecular complexity index is 799. The minimum atomic E-state index is 0.0283. The van der Waals surface area contributed by atoms with Crippen molar-refractivity contribution in [1.29, 1.82) is 0 Å². The third-order valence-electron chi connectivity index (χ3n) is 5.59. The lowest BCUT2D eigenvalue weighted by atomic mass is 10.0. The van der Waals surface area contributed by atoms with Crippen molar-refractivity contribution < 1.29 is 4.79 Å². The first kappa shape index (κ1) is 16.1. The monoisotopic (exact) mass is 339 g/mol. The zero-order valence-corrected chi connectivity index (χ0v) is 15.1. The Morgan fingerprint density at radius 2 is 2.08 bits per heavy atom. The van der Waals surface area contributed by atoms with Crippen molar-refractivity contribution in [3.63, 3.8) is 0 Å². The molecule has 1 saturated heterocycles. The van der Waals surface area contributed by atoms with E-state index in [1.165, 1.54) is 16.8 Å². The average molecular weight is 339 g/mol. The molecule has 0 saturated carbocycles. The van der Waals surface area contributed by atoms with Crippen molar-refractivity contribution >= 4 is 11.6 Å². The van der Waals surface area contributed by atoms with E-state index in [1.54, 1.807) is 6.20 Å². The number of carbonyl (C=O) groups excluding carboxylic acids is 1. The molecule has 2 aliphatic heterocycles. The Balaban J connectivity index is 1.50. The van der Waals surface area contributed by atoms with Gasteiger partial charge in [-0.25, -0.2) is 0 Å². The summed E-state index contributed by atoms with van der Waals surface area (Å²) in [6, 6.07) is 8.83. The zero-order valence-electron chi connectivity index (χ0n) is 15.1. The number of hydrogen-bond donors (Lipinski definition) is 1. The van der Waals surface area contributed by atoms with Crippen molar-refractivity contribution in [3.8, 4) is 0 Å². The second-order valence-electron chi connectivity index (χ2n) is 7.16. The summed E-state index contributed by atoms with van der Waals surface area (Å²) in [7, 11) is 5.95. The highest BCUT2D eigenvalue weighted by molar-refractivity contribution is 5.80. The van der Waals surface area contributed by atoms with E-state index in [0.717, 1.165) is 25.2 Å². The van der Waals surface area contributed by atoms with Gasteiger partial charge in [0.1, 0.15) is 0 Å². The Morgan fingerprint density at radius 3 is 2.84 bits per heavy atom. The molecular formula is C19H25N5O. The molecule has 0 aliphatic carbocycles. The quantitative estimate of drug-likeness (QED) is 0.917. The predicted octanol–water partition coefficient (Wildman–Crippen LogP) is 1.47. The van der Waals surface area contributed by atoms with E-state index < -0.39 is 0 Å². The fourth-order valence-electron chi connectivity index (χ4n) is 4.11. The van der Waals surface area contributed by atoms with Crippen LogP contribution in [0.3, 0.4) is 0 Å². The van der Waals surface area contributed by atoms with Gasteiger partial charge >= 0.3 is 0 Å². The SMILES string of the molecule is CN1CCc2cc(CN[C@@H]3CC(=O)N(C)[C@H]3c3ccnn3C)ccc21. The van der Waals surface area contributed by atoms with Crippen LogP contribution in [0.2, 0.25) is 0 Å². The van der Waals surface area contributed by atoms with Crippen LogP contribution in [0.1, 0.15) is 29.3 Å². The number of nitrogens with one attached hydrogen (secondary N) is 1. The summed E-state index contributed by atoms with van der Waals surface area (Å²) in [4.78, 5) is 16.4. The van der Waals surface area contributed by atoms with Gasteiger partial charge in [-0.1, -0.05) is 12.1 Å². The van der Waals surface area contributed by atoms with Crippen LogP contribution in [0.15, 0.2) is 30.5 Å². The van der Waals surface area contributed by atoms with Gasteiger partial charge in [0.15, 0.2) is 0 Å². The van der Waals surface area contributed by atoms with E-state index in [2.05, 4.69) is 40.6 Å². The van der Waals surface area contributed by atoms with Gasteiger partial charge in [0.05, 0.1) is 11.7 Å². The third kappa shape index (κ3) is 2.80.